The van der Waals surface area contributed by atoms with Gasteiger partial charge >= 0.3 is 0 Å². The molecule has 0 atom stereocenters. The van der Waals surface area contributed by atoms with E-state index in [0.29, 0.717) is 12.8 Å². The Hall–Kier alpha value is -2.41. The van der Waals surface area contributed by atoms with Crippen molar-refractivity contribution in [3.63, 3.8) is 0 Å². The van der Waals surface area contributed by atoms with Crippen molar-refractivity contribution in [3.8, 4) is 0 Å². The normalized spacial score (nSPS) is 12.3. The van der Waals surface area contributed by atoms with Crippen molar-refractivity contribution in [2.45, 2.75) is 26.7 Å². The fraction of sp³-hybridized carbons (Fsp3) is 0.190. The van der Waals surface area contributed by atoms with Crippen LogP contribution in [-0.2, 0) is 4.79 Å². The number of Topliss-reactive ketones (excluding diaryl/α,β-unsaturated/α-hetero) is 1. The lowest BCUT2D eigenvalue weighted by Gasteiger charge is -2.02. The number of hydrogen-bond donors (Lipinski definition) is 0. The zero-order valence-corrected chi connectivity index (χ0v) is 13.3. The molecule has 2 aromatic rings. The van der Waals surface area contributed by atoms with Crippen LogP contribution in [0, 0.1) is 0 Å². The van der Waals surface area contributed by atoms with Gasteiger partial charge in [0.2, 0.25) is 0 Å². The minimum atomic E-state index is 0.241. The molecule has 0 N–H and O–H groups in total. The van der Waals surface area contributed by atoms with Gasteiger partial charge in [-0.1, -0.05) is 72.8 Å². The van der Waals surface area contributed by atoms with E-state index in [2.05, 4.69) is 24.3 Å². The molecule has 0 spiro atoms. The molecule has 1 heteroatoms. The van der Waals surface area contributed by atoms with Crippen molar-refractivity contribution in [1.29, 1.82) is 0 Å². The van der Waals surface area contributed by atoms with Gasteiger partial charge in [-0.15, -0.1) is 0 Å². The van der Waals surface area contributed by atoms with E-state index in [1.54, 1.807) is 0 Å². The summed E-state index contributed by atoms with van der Waals surface area (Å²) in [5, 5.41) is 0. The average Bonchev–Trinajstić information content (AvgIpc) is 2.59. The van der Waals surface area contributed by atoms with Gasteiger partial charge in [0.15, 0.2) is 0 Å². The highest BCUT2D eigenvalue weighted by Gasteiger charge is 2.01. The monoisotopic (exact) mass is 290 g/mol. The third-order valence-corrected chi connectivity index (χ3v) is 3.73. The quantitative estimate of drug-likeness (QED) is 0.682. The number of rotatable bonds is 6. The van der Waals surface area contributed by atoms with Gasteiger partial charge < -0.3 is 0 Å². The molecule has 2 aromatic carbocycles. The molecule has 0 aliphatic rings. The van der Waals surface area contributed by atoms with Crippen molar-refractivity contribution >= 4 is 16.9 Å². The van der Waals surface area contributed by atoms with E-state index in [0.717, 1.165) is 11.1 Å². The Bertz CT molecular complexity index is 604. The molecule has 1 nitrogen and oxygen atoms in total. The molecule has 112 valence electrons. The zero-order valence-electron chi connectivity index (χ0n) is 13.3. The lowest BCUT2D eigenvalue weighted by Crippen LogP contribution is -1.94. The maximum Gasteiger partial charge on any atom is 0.140 e. The van der Waals surface area contributed by atoms with Gasteiger partial charge in [0.25, 0.3) is 0 Å². The summed E-state index contributed by atoms with van der Waals surface area (Å²) in [6.45, 7) is 4.10. The van der Waals surface area contributed by atoms with Gasteiger partial charge in [0.05, 0.1) is 0 Å². The Labute approximate surface area is 133 Å². The predicted molar refractivity (Wildman–Crippen MR) is 94.4 cm³/mol. The van der Waals surface area contributed by atoms with Crippen molar-refractivity contribution in [2.24, 2.45) is 0 Å². The Morgan fingerprint density at radius 2 is 1.09 bits per heavy atom. The fourth-order valence-electron chi connectivity index (χ4n) is 2.25. The molecule has 0 fully saturated rings. The minimum Gasteiger partial charge on any atom is -0.299 e. The van der Waals surface area contributed by atoms with Crippen LogP contribution in [0.1, 0.15) is 37.8 Å². The summed E-state index contributed by atoms with van der Waals surface area (Å²) in [6, 6.07) is 20.3. The van der Waals surface area contributed by atoms with Crippen LogP contribution in [-0.4, -0.2) is 5.78 Å². The van der Waals surface area contributed by atoms with Crippen LogP contribution < -0.4 is 0 Å². The summed E-state index contributed by atoms with van der Waals surface area (Å²) in [5.41, 5.74) is 4.65. The van der Waals surface area contributed by atoms with Gasteiger partial charge in [-0.3, -0.25) is 4.79 Å². The van der Waals surface area contributed by atoms with Crippen LogP contribution in [0.15, 0.2) is 72.8 Å². The summed E-state index contributed by atoms with van der Waals surface area (Å²) in [7, 11) is 0. The number of carbonyl (C=O) groups excluding carboxylic acids is 1. The van der Waals surface area contributed by atoms with Crippen LogP contribution in [0.5, 0.6) is 0 Å². The third kappa shape index (κ3) is 4.85. The molecule has 0 saturated heterocycles. The first-order valence-electron chi connectivity index (χ1n) is 7.63. The number of benzene rings is 2. The number of allylic oxidation sites excluding steroid dienone is 4. The van der Waals surface area contributed by atoms with Gasteiger partial charge in [-0.25, -0.2) is 0 Å². The van der Waals surface area contributed by atoms with Gasteiger partial charge in [0, 0.05) is 12.8 Å². The highest BCUT2D eigenvalue weighted by atomic mass is 16.1. The molecule has 0 amide bonds. The van der Waals surface area contributed by atoms with E-state index in [1.165, 1.54) is 11.1 Å². The standard InChI is InChI=1S/C21H22O/c1-17(19-9-5-3-6-10-19)13-15-21(22)16-14-18(2)20-11-7-4-8-12-20/h3-14H,15-16H2,1-2H3. The third-order valence-electron chi connectivity index (χ3n) is 3.73. The van der Waals surface area contributed by atoms with Crippen molar-refractivity contribution in [2.75, 3.05) is 0 Å². The van der Waals surface area contributed by atoms with Gasteiger partial charge in [-0.05, 0) is 36.1 Å². The molecule has 0 unspecified atom stereocenters. The fourth-order valence-corrected chi connectivity index (χ4v) is 2.25. The Morgan fingerprint density at radius 1 is 0.727 bits per heavy atom. The average molecular weight is 290 g/mol. The SMILES string of the molecule is CC(=CCC(=O)CC=C(C)c1ccccc1)c1ccccc1. The summed E-state index contributed by atoms with van der Waals surface area (Å²) in [4.78, 5) is 12.0. The summed E-state index contributed by atoms with van der Waals surface area (Å²) in [5.74, 6) is 0.241. The van der Waals surface area contributed by atoms with Crippen LogP contribution in [0.3, 0.4) is 0 Å². The number of carbonyl (C=O) groups is 1. The second kappa shape index (κ2) is 8.14. The highest BCUT2D eigenvalue weighted by molar-refractivity contribution is 5.84. The Morgan fingerprint density at radius 3 is 1.45 bits per heavy atom. The molecular formula is C21H22O. The lowest BCUT2D eigenvalue weighted by atomic mass is 10.0. The minimum absolute atomic E-state index is 0.241. The summed E-state index contributed by atoms with van der Waals surface area (Å²) in [6.07, 6.45) is 5.01. The smallest absolute Gasteiger partial charge is 0.140 e. The van der Waals surface area contributed by atoms with Crippen LogP contribution in [0.4, 0.5) is 0 Å². The van der Waals surface area contributed by atoms with E-state index < -0.39 is 0 Å². The number of ketones is 1. The van der Waals surface area contributed by atoms with Crippen LogP contribution in [0.2, 0.25) is 0 Å². The molecule has 0 bridgehead atoms. The molecule has 2 rings (SSSR count). The largest absolute Gasteiger partial charge is 0.299 e. The topological polar surface area (TPSA) is 17.1 Å². The first-order valence-corrected chi connectivity index (χ1v) is 7.63. The second-order valence-corrected chi connectivity index (χ2v) is 5.45. The molecule has 0 radical (unpaired) electrons. The Kier molecular flexibility index (Phi) is 5.91. The predicted octanol–water partition coefficient (Wildman–Crippen LogP) is 5.54. The first-order chi connectivity index (χ1) is 10.7. The van der Waals surface area contributed by atoms with E-state index in [9.17, 15) is 4.79 Å². The zero-order chi connectivity index (χ0) is 15.8. The van der Waals surface area contributed by atoms with Crippen molar-refractivity contribution in [1.82, 2.24) is 0 Å². The van der Waals surface area contributed by atoms with Gasteiger partial charge in [0.1, 0.15) is 5.78 Å². The maximum atomic E-state index is 12.0. The van der Waals surface area contributed by atoms with E-state index in [-0.39, 0.29) is 5.78 Å². The molecule has 0 aliphatic heterocycles. The van der Waals surface area contributed by atoms with E-state index in [4.69, 9.17) is 0 Å². The molecule has 22 heavy (non-hydrogen) atoms. The second-order valence-electron chi connectivity index (χ2n) is 5.45. The number of hydrogen-bond acceptors (Lipinski definition) is 1. The maximum absolute atomic E-state index is 12.0. The van der Waals surface area contributed by atoms with Crippen molar-refractivity contribution < 1.29 is 4.79 Å². The molecular weight excluding hydrogens is 268 g/mol. The molecule has 0 heterocycles. The van der Waals surface area contributed by atoms with E-state index >= 15 is 0 Å². The molecule has 0 aromatic heterocycles. The van der Waals surface area contributed by atoms with Gasteiger partial charge in [-0.2, -0.15) is 0 Å². The van der Waals surface area contributed by atoms with Crippen LogP contribution >= 0.6 is 0 Å². The molecule has 0 aliphatic carbocycles. The van der Waals surface area contributed by atoms with E-state index in [1.807, 2.05) is 62.4 Å². The lowest BCUT2D eigenvalue weighted by molar-refractivity contribution is -0.117. The Balaban J connectivity index is 1.91. The van der Waals surface area contributed by atoms with Crippen LogP contribution in [0.25, 0.3) is 11.1 Å². The highest BCUT2D eigenvalue weighted by Crippen LogP contribution is 2.16. The molecule has 0 saturated carbocycles. The van der Waals surface area contributed by atoms with Crippen molar-refractivity contribution in [3.05, 3.63) is 83.9 Å². The summed E-state index contributed by atoms with van der Waals surface area (Å²) < 4.78 is 0. The first kappa shape index (κ1) is 16.0. The summed E-state index contributed by atoms with van der Waals surface area (Å²) >= 11 is 0.